The zero-order valence-corrected chi connectivity index (χ0v) is 11.3. The number of hydrogen-bond donors (Lipinski definition) is 2. The molecular weight excluding hydrogens is 214 g/mol. The summed E-state index contributed by atoms with van der Waals surface area (Å²) in [5.41, 5.74) is 0. The molecule has 0 spiro atoms. The molecule has 4 nitrogen and oxygen atoms in total. The minimum atomic E-state index is 0.117. The molecule has 0 aromatic heterocycles. The molecular formula is C13H27N3O. The Morgan fingerprint density at radius 1 is 1.35 bits per heavy atom. The molecule has 0 aliphatic carbocycles. The van der Waals surface area contributed by atoms with Gasteiger partial charge in [0.15, 0.2) is 0 Å². The number of carbonyl (C=O) groups is 1. The Kier molecular flexibility index (Phi) is 7.21. The lowest BCUT2D eigenvalue weighted by Crippen LogP contribution is -2.38. The Balaban J connectivity index is 1.92. The van der Waals surface area contributed by atoms with Crippen LogP contribution in [0.15, 0.2) is 0 Å². The molecule has 1 heterocycles. The van der Waals surface area contributed by atoms with E-state index in [1.165, 1.54) is 25.9 Å². The molecule has 2 N–H and O–H groups in total. The SMILES string of the molecule is CCC(C)NCC(=O)NCCCN1CCCC1. The van der Waals surface area contributed by atoms with E-state index in [0.717, 1.165) is 25.9 Å². The van der Waals surface area contributed by atoms with Crippen molar-refractivity contribution in [3.63, 3.8) is 0 Å². The zero-order valence-electron chi connectivity index (χ0n) is 11.3. The van der Waals surface area contributed by atoms with Crippen LogP contribution in [0.4, 0.5) is 0 Å². The van der Waals surface area contributed by atoms with Crippen molar-refractivity contribution in [1.82, 2.24) is 15.5 Å². The van der Waals surface area contributed by atoms with Gasteiger partial charge in [-0.25, -0.2) is 0 Å². The topological polar surface area (TPSA) is 44.4 Å². The van der Waals surface area contributed by atoms with Crippen molar-refractivity contribution in [2.24, 2.45) is 0 Å². The third-order valence-electron chi connectivity index (χ3n) is 3.40. The molecule has 1 aliphatic rings. The lowest BCUT2D eigenvalue weighted by Gasteiger charge is -2.15. The lowest BCUT2D eigenvalue weighted by atomic mass is 10.2. The fourth-order valence-electron chi connectivity index (χ4n) is 2.01. The van der Waals surface area contributed by atoms with E-state index in [0.29, 0.717) is 12.6 Å². The van der Waals surface area contributed by atoms with Crippen LogP contribution >= 0.6 is 0 Å². The van der Waals surface area contributed by atoms with Gasteiger partial charge in [0.1, 0.15) is 0 Å². The quantitative estimate of drug-likeness (QED) is 0.623. The summed E-state index contributed by atoms with van der Waals surface area (Å²) < 4.78 is 0. The zero-order chi connectivity index (χ0) is 12.5. The van der Waals surface area contributed by atoms with Gasteiger partial charge in [-0.3, -0.25) is 4.79 Å². The fraction of sp³-hybridized carbons (Fsp3) is 0.923. The van der Waals surface area contributed by atoms with E-state index in [1.54, 1.807) is 0 Å². The van der Waals surface area contributed by atoms with Crippen molar-refractivity contribution in [2.75, 3.05) is 32.7 Å². The van der Waals surface area contributed by atoms with Crippen LogP contribution in [0.1, 0.15) is 39.5 Å². The van der Waals surface area contributed by atoms with E-state index in [-0.39, 0.29) is 5.91 Å². The van der Waals surface area contributed by atoms with E-state index in [4.69, 9.17) is 0 Å². The first-order valence-corrected chi connectivity index (χ1v) is 6.94. The highest BCUT2D eigenvalue weighted by atomic mass is 16.1. The number of carbonyl (C=O) groups excluding carboxylic acids is 1. The predicted molar refractivity (Wildman–Crippen MR) is 71.1 cm³/mol. The number of nitrogens with zero attached hydrogens (tertiary/aromatic N) is 1. The molecule has 1 saturated heterocycles. The molecule has 17 heavy (non-hydrogen) atoms. The summed E-state index contributed by atoms with van der Waals surface area (Å²) >= 11 is 0. The molecule has 1 amide bonds. The van der Waals surface area contributed by atoms with E-state index >= 15 is 0 Å². The predicted octanol–water partition coefficient (Wildman–Crippen LogP) is 0.977. The molecule has 1 fully saturated rings. The highest BCUT2D eigenvalue weighted by Gasteiger charge is 2.10. The van der Waals surface area contributed by atoms with Crippen LogP contribution in [0.2, 0.25) is 0 Å². The smallest absolute Gasteiger partial charge is 0.233 e. The van der Waals surface area contributed by atoms with Gasteiger partial charge in [0.2, 0.25) is 5.91 Å². The van der Waals surface area contributed by atoms with E-state index in [1.807, 2.05) is 0 Å². The molecule has 0 aromatic carbocycles. The summed E-state index contributed by atoms with van der Waals surface area (Å²) in [6, 6.07) is 0.422. The summed E-state index contributed by atoms with van der Waals surface area (Å²) in [5.74, 6) is 0.117. The summed E-state index contributed by atoms with van der Waals surface area (Å²) in [5, 5.41) is 6.15. The monoisotopic (exact) mass is 241 g/mol. The van der Waals surface area contributed by atoms with Gasteiger partial charge >= 0.3 is 0 Å². The molecule has 1 unspecified atom stereocenters. The molecule has 1 aliphatic heterocycles. The number of rotatable bonds is 8. The molecule has 1 rings (SSSR count). The Labute approximate surface area is 105 Å². The van der Waals surface area contributed by atoms with Crippen LogP contribution in [0.25, 0.3) is 0 Å². The highest BCUT2D eigenvalue weighted by Crippen LogP contribution is 2.06. The Hall–Kier alpha value is -0.610. The van der Waals surface area contributed by atoms with Crippen LogP contribution in [0.3, 0.4) is 0 Å². The molecule has 0 aromatic rings. The highest BCUT2D eigenvalue weighted by molar-refractivity contribution is 5.77. The maximum absolute atomic E-state index is 11.5. The summed E-state index contributed by atoms with van der Waals surface area (Å²) in [6.07, 6.45) is 4.80. The number of amides is 1. The Morgan fingerprint density at radius 3 is 2.71 bits per heavy atom. The minimum absolute atomic E-state index is 0.117. The normalized spacial score (nSPS) is 18.2. The van der Waals surface area contributed by atoms with Gasteiger partial charge in [0.25, 0.3) is 0 Å². The van der Waals surface area contributed by atoms with E-state index in [9.17, 15) is 4.79 Å². The van der Waals surface area contributed by atoms with Crippen molar-refractivity contribution in [1.29, 1.82) is 0 Å². The second-order valence-electron chi connectivity index (χ2n) is 4.94. The second kappa shape index (κ2) is 8.48. The minimum Gasteiger partial charge on any atom is -0.355 e. The first-order valence-electron chi connectivity index (χ1n) is 6.94. The first kappa shape index (κ1) is 14.5. The maximum Gasteiger partial charge on any atom is 0.233 e. The van der Waals surface area contributed by atoms with Crippen LogP contribution in [0, 0.1) is 0 Å². The standard InChI is InChI=1S/C13H27N3O/c1-3-12(2)15-11-13(17)14-7-6-10-16-8-4-5-9-16/h12,15H,3-11H2,1-2H3,(H,14,17). The number of likely N-dealkylation sites (tertiary alicyclic amines) is 1. The van der Waals surface area contributed by atoms with Gasteiger partial charge in [-0.05, 0) is 52.2 Å². The average Bonchev–Trinajstić information content (AvgIpc) is 2.84. The first-order chi connectivity index (χ1) is 8.22. The second-order valence-corrected chi connectivity index (χ2v) is 4.94. The largest absolute Gasteiger partial charge is 0.355 e. The van der Waals surface area contributed by atoms with Crippen LogP contribution in [0.5, 0.6) is 0 Å². The summed E-state index contributed by atoms with van der Waals surface area (Å²) in [4.78, 5) is 13.9. The Morgan fingerprint density at radius 2 is 2.06 bits per heavy atom. The molecule has 0 radical (unpaired) electrons. The third kappa shape index (κ3) is 6.64. The van der Waals surface area contributed by atoms with Crippen molar-refractivity contribution in [2.45, 2.75) is 45.6 Å². The molecule has 1 atom stereocenters. The fourth-order valence-corrected chi connectivity index (χ4v) is 2.01. The van der Waals surface area contributed by atoms with Gasteiger partial charge in [0.05, 0.1) is 6.54 Å². The molecule has 4 heteroatoms. The third-order valence-corrected chi connectivity index (χ3v) is 3.40. The van der Waals surface area contributed by atoms with Gasteiger partial charge < -0.3 is 15.5 Å². The van der Waals surface area contributed by atoms with Crippen LogP contribution in [-0.2, 0) is 4.79 Å². The van der Waals surface area contributed by atoms with Gasteiger partial charge in [-0.1, -0.05) is 6.92 Å². The van der Waals surface area contributed by atoms with Crippen molar-refractivity contribution in [3.05, 3.63) is 0 Å². The van der Waals surface area contributed by atoms with Crippen molar-refractivity contribution < 1.29 is 4.79 Å². The van der Waals surface area contributed by atoms with Gasteiger partial charge in [0, 0.05) is 12.6 Å². The lowest BCUT2D eigenvalue weighted by molar-refractivity contribution is -0.120. The molecule has 0 bridgehead atoms. The Bertz CT molecular complexity index is 215. The van der Waals surface area contributed by atoms with E-state index < -0.39 is 0 Å². The van der Waals surface area contributed by atoms with E-state index in [2.05, 4.69) is 29.4 Å². The average molecular weight is 241 g/mol. The number of hydrogen-bond acceptors (Lipinski definition) is 3. The number of nitrogens with one attached hydrogen (secondary N) is 2. The molecule has 100 valence electrons. The summed E-state index contributed by atoms with van der Waals surface area (Å²) in [7, 11) is 0. The van der Waals surface area contributed by atoms with Crippen molar-refractivity contribution in [3.8, 4) is 0 Å². The molecule has 0 saturated carbocycles. The maximum atomic E-state index is 11.5. The summed E-state index contributed by atoms with van der Waals surface area (Å²) in [6.45, 7) is 9.06. The van der Waals surface area contributed by atoms with Crippen LogP contribution < -0.4 is 10.6 Å². The van der Waals surface area contributed by atoms with Crippen molar-refractivity contribution >= 4 is 5.91 Å². The van der Waals surface area contributed by atoms with Gasteiger partial charge in [-0.15, -0.1) is 0 Å². The van der Waals surface area contributed by atoms with Gasteiger partial charge in [-0.2, -0.15) is 0 Å². The van der Waals surface area contributed by atoms with Crippen LogP contribution in [-0.4, -0.2) is 49.6 Å².